The fourth-order valence-corrected chi connectivity index (χ4v) is 2.42. The van der Waals surface area contributed by atoms with Crippen LogP contribution in [0.3, 0.4) is 0 Å². The first-order valence-electron chi connectivity index (χ1n) is 7.34. The molecule has 0 bridgehead atoms. The maximum atomic E-state index is 12.1. The Morgan fingerprint density at radius 2 is 2.26 bits per heavy atom. The van der Waals surface area contributed by atoms with Gasteiger partial charge in [-0.15, -0.1) is 5.10 Å². The molecule has 2 heterocycles. The van der Waals surface area contributed by atoms with Crippen molar-refractivity contribution in [3.05, 3.63) is 35.6 Å². The predicted octanol–water partition coefficient (Wildman–Crippen LogP) is 2.59. The minimum atomic E-state index is -0.661. The second kappa shape index (κ2) is 7.43. The third kappa shape index (κ3) is 4.43. The number of carbonyl (C=O) groups is 1. The van der Waals surface area contributed by atoms with Crippen LogP contribution in [-0.2, 0) is 0 Å². The molecule has 0 aliphatic carbocycles. The van der Waals surface area contributed by atoms with Gasteiger partial charge in [0.05, 0.1) is 17.2 Å². The van der Waals surface area contributed by atoms with Crippen molar-refractivity contribution in [3.63, 3.8) is 0 Å². The molecule has 2 aromatic heterocycles. The summed E-state index contributed by atoms with van der Waals surface area (Å²) in [7, 11) is 0. The number of pyridine rings is 1. The highest BCUT2D eigenvalue weighted by molar-refractivity contribution is 6.32. The summed E-state index contributed by atoms with van der Waals surface area (Å²) in [6, 6.07) is 4.65. The Morgan fingerprint density at radius 3 is 2.91 bits per heavy atom. The van der Waals surface area contributed by atoms with Crippen LogP contribution < -0.4 is 10.6 Å². The van der Waals surface area contributed by atoms with Crippen LogP contribution in [0.25, 0.3) is 5.82 Å². The second-order valence-corrected chi connectivity index (χ2v) is 5.91. The molecule has 2 aromatic rings. The number of aliphatic hydroxyl groups excluding tert-OH is 1. The van der Waals surface area contributed by atoms with E-state index in [-0.39, 0.29) is 6.61 Å². The largest absolute Gasteiger partial charge is 0.394 e. The van der Waals surface area contributed by atoms with Crippen molar-refractivity contribution in [1.82, 2.24) is 20.1 Å². The summed E-state index contributed by atoms with van der Waals surface area (Å²) in [5.41, 5.74) is -0.661. The number of carbonyl (C=O) groups excluding carboxylic acids is 1. The van der Waals surface area contributed by atoms with Crippen LogP contribution in [0.1, 0.15) is 26.7 Å². The van der Waals surface area contributed by atoms with E-state index in [0.29, 0.717) is 23.1 Å². The number of amides is 2. The summed E-state index contributed by atoms with van der Waals surface area (Å²) in [6.07, 6.45) is 4.79. The van der Waals surface area contributed by atoms with Gasteiger partial charge in [-0.05, 0) is 25.5 Å². The number of urea groups is 1. The van der Waals surface area contributed by atoms with E-state index in [9.17, 15) is 9.90 Å². The first-order valence-corrected chi connectivity index (χ1v) is 7.72. The smallest absolute Gasteiger partial charge is 0.320 e. The lowest BCUT2D eigenvalue weighted by molar-refractivity contribution is 0.167. The third-order valence-electron chi connectivity index (χ3n) is 3.35. The lowest BCUT2D eigenvalue weighted by Crippen LogP contribution is -2.50. The van der Waals surface area contributed by atoms with Gasteiger partial charge in [0.25, 0.3) is 0 Å². The molecule has 0 spiro atoms. The third-order valence-corrected chi connectivity index (χ3v) is 3.65. The Labute approximate surface area is 139 Å². The van der Waals surface area contributed by atoms with Gasteiger partial charge >= 0.3 is 6.03 Å². The lowest BCUT2D eigenvalue weighted by atomic mass is 9.98. The molecule has 2 amide bonds. The molecule has 0 saturated heterocycles. The number of nitrogens with zero attached hydrogens (tertiary/aromatic N) is 3. The highest BCUT2D eigenvalue weighted by Crippen LogP contribution is 2.17. The van der Waals surface area contributed by atoms with Crippen LogP contribution in [0.4, 0.5) is 10.6 Å². The maximum Gasteiger partial charge on any atom is 0.320 e. The molecule has 124 valence electrons. The molecular formula is C15H20ClN5O2. The number of rotatable bonds is 6. The molecule has 0 aromatic carbocycles. The molecule has 1 atom stereocenters. The van der Waals surface area contributed by atoms with Crippen LogP contribution in [0.15, 0.2) is 30.6 Å². The molecule has 0 aliphatic rings. The first-order chi connectivity index (χ1) is 11.0. The second-order valence-electron chi connectivity index (χ2n) is 5.50. The van der Waals surface area contributed by atoms with Crippen molar-refractivity contribution in [2.75, 3.05) is 11.9 Å². The highest BCUT2D eigenvalue weighted by Gasteiger charge is 2.24. The summed E-state index contributed by atoms with van der Waals surface area (Å²) < 4.78 is 1.48. The zero-order valence-corrected chi connectivity index (χ0v) is 13.8. The van der Waals surface area contributed by atoms with E-state index < -0.39 is 11.6 Å². The van der Waals surface area contributed by atoms with Gasteiger partial charge in [-0.3, -0.25) is 5.32 Å². The number of anilines is 1. The van der Waals surface area contributed by atoms with Crippen LogP contribution >= 0.6 is 11.6 Å². The molecule has 0 aliphatic heterocycles. The molecule has 8 heteroatoms. The summed E-state index contributed by atoms with van der Waals surface area (Å²) >= 11 is 6.06. The molecule has 7 nitrogen and oxygen atoms in total. The SMILES string of the molecule is CCCC(C)(CO)NC(=O)Nc1ccn(-c2ncccc2Cl)n1. The number of aliphatic hydroxyl groups is 1. The fourth-order valence-electron chi connectivity index (χ4n) is 2.21. The van der Waals surface area contributed by atoms with E-state index in [0.717, 1.165) is 6.42 Å². The van der Waals surface area contributed by atoms with E-state index in [2.05, 4.69) is 20.7 Å². The summed E-state index contributed by atoms with van der Waals surface area (Å²) in [4.78, 5) is 16.2. The van der Waals surface area contributed by atoms with Gasteiger partial charge in [-0.2, -0.15) is 0 Å². The minimum absolute atomic E-state index is 0.133. The maximum absolute atomic E-state index is 12.1. The van der Waals surface area contributed by atoms with Gasteiger partial charge in [0, 0.05) is 18.5 Å². The summed E-state index contributed by atoms with van der Waals surface area (Å²) in [6.45, 7) is 3.65. The summed E-state index contributed by atoms with van der Waals surface area (Å²) in [5.74, 6) is 0.842. The van der Waals surface area contributed by atoms with E-state index in [1.165, 1.54) is 4.68 Å². The van der Waals surface area contributed by atoms with Crippen molar-refractivity contribution >= 4 is 23.4 Å². The van der Waals surface area contributed by atoms with Crippen LogP contribution in [0, 0.1) is 0 Å². The predicted molar refractivity (Wildman–Crippen MR) is 88.9 cm³/mol. The van der Waals surface area contributed by atoms with Crippen LogP contribution in [0.5, 0.6) is 0 Å². The van der Waals surface area contributed by atoms with E-state index in [1.807, 2.05) is 6.92 Å². The van der Waals surface area contributed by atoms with Gasteiger partial charge in [0.1, 0.15) is 0 Å². The number of aromatic nitrogens is 3. The van der Waals surface area contributed by atoms with Crippen LogP contribution in [-0.4, -0.2) is 38.0 Å². The van der Waals surface area contributed by atoms with Gasteiger partial charge in [0.2, 0.25) is 0 Å². The fraction of sp³-hybridized carbons (Fsp3) is 0.400. The zero-order chi connectivity index (χ0) is 16.9. The molecule has 0 saturated carbocycles. The number of hydrogen-bond donors (Lipinski definition) is 3. The van der Waals surface area contributed by atoms with Crippen LogP contribution in [0.2, 0.25) is 5.02 Å². The number of hydrogen-bond acceptors (Lipinski definition) is 4. The van der Waals surface area contributed by atoms with Crippen molar-refractivity contribution < 1.29 is 9.90 Å². The Morgan fingerprint density at radius 1 is 1.48 bits per heavy atom. The van der Waals surface area contributed by atoms with E-state index >= 15 is 0 Å². The zero-order valence-electron chi connectivity index (χ0n) is 13.1. The average Bonchev–Trinajstić information content (AvgIpc) is 2.96. The molecule has 23 heavy (non-hydrogen) atoms. The molecule has 0 radical (unpaired) electrons. The van der Waals surface area contributed by atoms with Crippen molar-refractivity contribution in [2.45, 2.75) is 32.2 Å². The molecule has 1 unspecified atom stereocenters. The topological polar surface area (TPSA) is 92.1 Å². The molecule has 3 N–H and O–H groups in total. The van der Waals surface area contributed by atoms with E-state index in [1.54, 1.807) is 37.5 Å². The molecule has 2 rings (SSSR count). The Balaban J connectivity index is 2.05. The molecule has 0 fully saturated rings. The highest BCUT2D eigenvalue weighted by atomic mass is 35.5. The minimum Gasteiger partial charge on any atom is -0.394 e. The Hall–Kier alpha value is -2.12. The lowest BCUT2D eigenvalue weighted by Gasteiger charge is -2.28. The van der Waals surface area contributed by atoms with Crippen molar-refractivity contribution in [2.24, 2.45) is 0 Å². The normalized spacial score (nSPS) is 13.4. The first kappa shape index (κ1) is 17.2. The van der Waals surface area contributed by atoms with E-state index in [4.69, 9.17) is 11.6 Å². The summed E-state index contributed by atoms with van der Waals surface area (Å²) in [5, 5.41) is 19.5. The average molecular weight is 338 g/mol. The number of halogens is 1. The van der Waals surface area contributed by atoms with Gasteiger partial charge in [0.15, 0.2) is 11.6 Å². The Kier molecular flexibility index (Phi) is 5.57. The van der Waals surface area contributed by atoms with Gasteiger partial charge < -0.3 is 10.4 Å². The van der Waals surface area contributed by atoms with Gasteiger partial charge in [-0.25, -0.2) is 14.5 Å². The standard InChI is InChI=1S/C15H20ClN5O2/c1-3-7-15(2,10-22)19-14(23)18-12-6-9-21(20-12)13-11(16)5-4-8-17-13/h4-6,8-9,22H,3,7,10H2,1-2H3,(H2,18,19,20,23). The molecular weight excluding hydrogens is 318 g/mol. The quantitative estimate of drug-likeness (QED) is 0.755. The Bertz CT molecular complexity index is 675. The number of nitrogens with one attached hydrogen (secondary N) is 2. The van der Waals surface area contributed by atoms with Crippen molar-refractivity contribution in [1.29, 1.82) is 0 Å². The van der Waals surface area contributed by atoms with Crippen molar-refractivity contribution in [3.8, 4) is 5.82 Å². The van der Waals surface area contributed by atoms with Gasteiger partial charge in [-0.1, -0.05) is 24.9 Å². The monoisotopic (exact) mass is 337 g/mol.